The van der Waals surface area contributed by atoms with Crippen molar-refractivity contribution in [3.63, 3.8) is 0 Å². The van der Waals surface area contributed by atoms with Gasteiger partial charge >= 0.3 is 6.36 Å². The lowest BCUT2D eigenvalue weighted by Gasteiger charge is -2.11. The van der Waals surface area contributed by atoms with Crippen LogP contribution in [0.3, 0.4) is 0 Å². The molecule has 25 heavy (non-hydrogen) atoms. The van der Waals surface area contributed by atoms with Crippen LogP contribution >= 0.6 is 0 Å². The van der Waals surface area contributed by atoms with Crippen LogP contribution in [-0.2, 0) is 6.54 Å². The van der Waals surface area contributed by atoms with Crippen molar-refractivity contribution in [1.29, 1.82) is 0 Å². The van der Waals surface area contributed by atoms with Gasteiger partial charge in [0.05, 0.1) is 6.10 Å². The zero-order valence-corrected chi connectivity index (χ0v) is 13.8. The Hall–Kier alpha value is -2.70. The smallest absolute Gasteiger partial charge is 0.491 e. The molecular formula is C18H18F3NO3. The minimum absolute atomic E-state index is 0.0786. The molecule has 0 radical (unpaired) electrons. The summed E-state index contributed by atoms with van der Waals surface area (Å²) in [5.41, 5.74) is 1.12. The van der Waals surface area contributed by atoms with Crippen molar-refractivity contribution < 1.29 is 27.4 Å². The van der Waals surface area contributed by atoms with Crippen molar-refractivity contribution >= 4 is 5.91 Å². The summed E-state index contributed by atoms with van der Waals surface area (Å²) in [7, 11) is 0. The number of hydrogen-bond acceptors (Lipinski definition) is 3. The van der Waals surface area contributed by atoms with E-state index in [1.165, 1.54) is 12.1 Å². The molecule has 0 spiro atoms. The topological polar surface area (TPSA) is 47.6 Å². The molecule has 0 aliphatic rings. The quantitative estimate of drug-likeness (QED) is 0.842. The molecule has 0 saturated heterocycles. The van der Waals surface area contributed by atoms with Crippen molar-refractivity contribution in [3.8, 4) is 11.5 Å². The normalized spacial score (nSPS) is 11.3. The molecule has 0 unspecified atom stereocenters. The van der Waals surface area contributed by atoms with Crippen molar-refractivity contribution in [3.05, 3.63) is 59.7 Å². The number of rotatable bonds is 6. The summed E-state index contributed by atoms with van der Waals surface area (Å²) in [5.74, 6) is -0.0174. The molecule has 0 saturated carbocycles. The first-order valence-corrected chi connectivity index (χ1v) is 7.62. The summed E-state index contributed by atoms with van der Waals surface area (Å²) < 4.78 is 45.6. The number of ether oxygens (including phenoxy) is 2. The molecule has 0 aromatic heterocycles. The second-order valence-electron chi connectivity index (χ2n) is 5.57. The van der Waals surface area contributed by atoms with E-state index >= 15 is 0 Å². The van der Waals surface area contributed by atoms with Crippen molar-refractivity contribution in [1.82, 2.24) is 5.32 Å². The maximum absolute atomic E-state index is 12.1. The fraction of sp³-hybridized carbons (Fsp3) is 0.278. The SMILES string of the molecule is CC(C)Oc1ccc(CNC(=O)c2ccc(OC(F)(F)F)cc2)cc1. The van der Waals surface area contributed by atoms with Crippen LogP contribution in [0.1, 0.15) is 29.8 Å². The van der Waals surface area contributed by atoms with Crippen molar-refractivity contribution in [2.75, 3.05) is 0 Å². The zero-order valence-electron chi connectivity index (χ0n) is 13.8. The Morgan fingerprint density at radius 2 is 1.56 bits per heavy atom. The van der Waals surface area contributed by atoms with Crippen LogP contribution in [0, 0.1) is 0 Å². The van der Waals surface area contributed by atoms with E-state index < -0.39 is 6.36 Å². The lowest BCUT2D eigenvalue weighted by atomic mass is 10.2. The molecular weight excluding hydrogens is 335 g/mol. The van der Waals surface area contributed by atoms with Gasteiger partial charge in [0, 0.05) is 12.1 Å². The number of amides is 1. The fourth-order valence-corrected chi connectivity index (χ4v) is 2.05. The van der Waals surface area contributed by atoms with Crippen molar-refractivity contribution in [2.45, 2.75) is 32.9 Å². The first-order valence-electron chi connectivity index (χ1n) is 7.62. The van der Waals surface area contributed by atoms with Crippen molar-refractivity contribution in [2.24, 2.45) is 0 Å². The van der Waals surface area contributed by atoms with E-state index in [0.29, 0.717) is 6.54 Å². The first-order chi connectivity index (χ1) is 11.7. The lowest BCUT2D eigenvalue weighted by Crippen LogP contribution is -2.23. The Morgan fingerprint density at radius 3 is 2.08 bits per heavy atom. The number of nitrogens with one attached hydrogen (secondary N) is 1. The summed E-state index contributed by atoms with van der Waals surface area (Å²) in [6.07, 6.45) is -4.68. The van der Waals surface area contributed by atoms with Gasteiger partial charge in [0.15, 0.2) is 0 Å². The minimum atomic E-state index is -4.75. The molecule has 7 heteroatoms. The second kappa shape index (κ2) is 7.92. The van der Waals surface area contributed by atoms with E-state index in [2.05, 4.69) is 10.1 Å². The van der Waals surface area contributed by atoms with Gasteiger partial charge in [-0.15, -0.1) is 13.2 Å². The summed E-state index contributed by atoms with van der Waals surface area (Å²) >= 11 is 0. The molecule has 2 rings (SSSR count). The number of hydrogen-bond donors (Lipinski definition) is 1. The third kappa shape index (κ3) is 6.37. The summed E-state index contributed by atoms with van der Waals surface area (Å²) in [5, 5.41) is 2.70. The molecule has 4 nitrogen and oxygen atoms in total. The highest BCUT2D eigenvalue weighted by atomic mass is 19.4. The predicted octanol–water partition coefficient (Wildman–Crippen LogP) is 4.30. The summed E-state index contributed by atoms with van der Waals surface area (Å²) in [4.78, 5) is 12.0. The predicted molar refractivity (Wildman–Crippen MR) is 86.5 cm³/mol. The highest BCUT2D eigenvalue weighted by molar-refractivity contribution is 5.94. The maximum Gasteiger partial charge on any atom is 0.573 e. The van der Waals surface area contributed by atoms with Crippen LogP contribution in [0.2, 0.25) is 0 Å². The average molecular weight is 353 g/mol. The Bertz CT molecular complexity index is 695. The summed E-state index contributed by atoms with van der Waals surface area (Å²) in [6, 6.07) is 12.0. The van der Waals surface area contributed by atoms with E-state index in [9.17, 15) is 18.0 Å². The molecule has 0 heterocycles. The fourth-order valence-electron chi connectivity index (χ4n) is 2.05. The minimum Gasteiger partial charge on any atom is -0.491 e. The third-order valence-corrected chi connectivity index (χ3v) is 3.10. The van der Waals surface area contributed by atoms with E-state index in [1.54, 1.807) is 0 Å². The van der Waals surface area contributed by atoms with Gasteiger partial charge in [-0.25, -0.2) is 0 Å². The van der Waals surface area contributed by atoms with Crippen LogP contribution < -0.4 is 14.8 Å². The molecule has 1 N–H and O–H groups in total. The molecule has 1 amide bonds. The Kier molecular flexibility index (Phi) is 5.90. The van der Waals surface area contributed by atoms with Gasteiger partial charge in [0.25, 0.3) is 5.91 Å². The monoisotopic (exact) mass is 353 g/mol. The Labute approximate surface area is 143 Å². The van der Waals surface area contributed by atoms with Gasteiger partial charge in [0.2, 0.25) is 0 Å². The second-order valence-corrected chi connectivity index (χ2v) is 5.57. The van der Waals surface area contributed by atoms with Gasteiger partial charge in [-0.3, -0.25) is 4.79 Å². The van der Waals surface area contributed by atoms with E-state index in [0.717, 1.165) is 23.4 Å². The van der Waals surface area contributed by atoms with Crippen LogP contribution in [0.15, 0.2) is 48.5 Å². The lowest BCUT2D eigenvalue weighted by molar-refractivity contribution is -0.274. The number of benzene rings is 2. The molecule has 0 atom stereocenters. The maximum atomic E-state index is 12.1. The highest BCUT2D eigenvalue weighted by Gasteiger charge is 2.31. The van der Waals surface area contributed by atoms with Gasteiger partial charge in [-0.2, -0.15) is 0 Å². The van der Waals surface area contributed by atoms with Crippen LogP contribution in [0.25, 0.3) is 0 Å². The Morgan fingerprint density at radius 1 is 1.00 bits per heavy atom. The first kappa shape index (κ1) is 18.6. The Balaban J connectivity index is 1.89. The zero-order chi connectivity index (χ0) is 18.4. The standard InChI is InChI=1S/C18H18F3NO3/c1-12(2)24-15-7-3-13(4-8-15)11-22-17(23)14-5-9-16(10-6-14)25-18(19,20)21/h3-10,12H,11H2,1-2H3,(H,22,23). The van der Waals surface area contributed by atoms with Crippen LogP contribution in [-0.4, -0.2) is 18.4 Å². The van der Waals surface area contributed by atoms with E-state index in [1.807, 2.05) is 38.1 Å². The molecule has 0 bridgehead atoms. The van der Waals surface area contributed by atoms with E-state index in [4.69, 9.17) is 4.74 Å². The molecule has 134 valence electrons. The third-order valence-electron chi connectivity index (χ3n) is 3.10. The van der Waals surface area contributed by atoms with Crippen LogP contribution in [0.4, 0.5) is 13.2 Å². The van der Waals surface area contributed by atoms with Gasteiger partial charge < -0.3 is 14.8 Å². The van der Waals surface area contributed by atoms with Gasteiger partial charge in [-0.1, -0.05) is 12.1 Å². The number of carbonyl (C=O) groups is 1. The highest BCUT2D eigenvalue weighted by Crippen LogP contribution is 2.22. The molecule has 0 aliphatic heterocycles. The molecule has 0 fully saturated rings. The average Bonchev–Trinajstić information content (AvgIpc) is 2.52. The number of alkyl halides is 3. The molecule has 2 aromatic rings. The van der Waals surface area contributed by atoms with Gasteiger partial charge in [0.1, 0.15) is 11.5 Å². The van der Waals surface area contributed by atoms with E-state index in [-0.39, 0.29) is 23.3 Å². The number of halogens is 3. The largest absolute Gasteiger partial charge is 0.573 e. The summed E-state index contributed by atoms with van der Waals surface area (Å²) in [6.45, 7) is 4.15. The van der Waals surface area contributed by atoms with Gasteiger partial charge in [-0.05, 0) is 55.8 Å². The number of carbonyl (C=O) groups excluding carboxylic acids is 1. The molecule has 2 aromatic carbocycles. The molecule has 0 aliphatic carbocycles. The van der Waals surface area contributed by atoms with Crippen LogP contribution in [0.5, 0.6) is 11.5 Å².